The van der Waals surface area contributed by atoms with E-state index in [1.54, 1.807) is 13.1 Å². The predicted octanol–water partition coefficient (Wildman–Crippen LogP) is 1.89. The fourth-order valence-corrected chi connectivity index (χ4v) is 4.52. The van der Waals surface area contributed by atoms with Crippen LogP contribution in [0.2, 0.25) is 0 Å². The van der Waals surface area contributed by atoms with Gasteiger partial charge in [-0.3, -0.25) is 14.5 Å². The highest BCUT2D eigenvalue weighted by Crippen LogP contribution is 2.43. The number of nitrogens with zero attached hydrogens (tertiary/aromatic N) is 4. The molecule has 0 aliphatic carbocycles. The lowest BCUT2D eigenvalue weighted by Crippen LogP contribution is -2.43. The van der Waals surface area contributed by atoms with E-state index in [1.807, 2.05) is 18.2 Å². The van der Waals surface area contributed by atoms with Crippen molar-refractivity contribution in [3.63, 3.8) is 0 Å². The number of fused-ring (bicyclic) bond motifs is 1. The summed E-state index contributed by atoms with van der Waals surface area (Å²) in [4.78, 5) is 22.1. The molecule has 1 fully saturated rings. The van der Waals surface area contributed by atoms with Gasteiger partial charge in [0.2, 0.25) is 6.23 Å². The molecule has 10 heteroatoms. The highest BCUT2D eigenvalue weighted by atomic mass is 19.3. The average molecular weight is 444 g/mol. The Labute approximate surface area is 184 Å². The van der Waals surface area contributed by atoms with E-state index in [1.165, 1.54) is 24.0 Å². The van der Waals surface area contributed by atoms with Crippen LogP contribution in [-0.4, -0.2) is 52.3 Å². The minimum absolute atomic E-state index is 0.0294. The monoisotopic (exact) mass is 444 g/mol. The SMILES string of the molecule is CN=C(/C=C\N)C1c2ccccc2CCN1C[C@@H]1CC(F)(F)[C@H](n2ccc(N)nc2=O)O1. The van der Waals surface area contributed by atoms with Crippen LogP contribution in [0, 0.1) is 0 Å². The minimum Gasteiger partial charge on any atom is -0.405 e. The maximum Gasteiger partial charge on any atom is 0.351 e. The molecule has 32 heavy (non-hydrogen) atoms. The molecule has 1 aromatic carbocycles. The summed E-state index contributed by atoms with van der Waals surface area (Å²) in [5.41, 5.74) is 13.2. The fraction of sp³-hybridized carbons (Fsp3) is 0.409. The Bertz CT molecular complexity index is 1100. The molecule has 0 spiro atoms. The Morgan fingerprint density at radius 1 is 1.38 bits per heavy atom. The van der Waals surface area contributed by atoms with Crippen LogP contribution in [0.3, 0.4) is 0 Å². The summed E-state index contributed by atoms with van der Waals surface area (Å²) in [5.74, 6) is -3.26. The van der Waals surface area contributed by atoms with Crippen LogP contribution in [-0.2, 0) is 11.2 Å². The van der Waals surface area contributed by atoms with Gasteiger partial charge in [-0.2, -0.15) is 4.98 Å². The molecule has 1 saturated heterocycles. The number of anilines is 1. The predicted molar refractivity (Wildman–Crippen MR) is 118 cm³/mol. The van der Waals surface area contributed by atoms with Gasteiger partial charge in [-0.1, -0.05) is 24.3 Å². The van der Waals surface area contributed by atoms with Gasteiger partial charge in [0.15, 0.2) is 0 Å². The van der Waals surface area contributed by atoms with Crippen molar-refractivity contribution in [3.8, 4) is 0 Å². The zero-order valence-electron chi connectivity index (χ0n) is 17.7. The van der Waals surface area contributed by atoms with Crippen molar-refractivity contribution in [1.82, 2.24) is 14.5 Å². The number of halogens is 2. The number of rotatable bonds is 5. The van der Waals surface area contributed by atoms with E-state index in [0.29, 0.717) is 6.54 Å². The zero-order chi connectivity index (χ0) is 22.9. The van der Waals surface area contributed by atoms with Crippen LogP contribution in [0.4, 0.5) is 14.6 Å². The van der Waals surface area contributed by atoms with Crippen LogP contribution in [0.5, 0.6) is 0 Å². The van der Waals surface area contributed by atoms with Crippen LogP contribution in [0.1, 0.15) is 29.8 Å². The number of hydrogen-bond acceptors (Lipinski definition) is 7. The number of alkyl halides is 2. The summed E-state index contributed by atoms with van der Waals surface area (Å²) in [6, 6.07) is 9.09. The number of aliphatic imine (C=N–C) groups is 1. The van der Waals surface area contributed by atoms with Crippen molar-refractivity contribution in [1.29, 1.82) is 0 Å². The van der Waals surface area contributed by atoms with Crippen molar-refractivity contribution in [3.05, 3.63) is 70.4 Å². The molecule has 2 aliphatic rings. The third kappa shape index (κ3) is 4.15. The molecule has 4 N–H and O–H groups in total. The Kier molecular flexibility index (Phi) is 6.07. The first-order valence-corrected chi connectivity index (χ1v) is 10.4. The van der Waals surface area contributed by atoms with Gasteiger partial charge in [0.05, 0.1) is 17.9 Å². The lowest BCUT2D eigenvalue weighted by Gasteiger charge is -2.38. The molecule has 0 radical (unpaired) electrons. The van der Waals surface area contributed by atoms with E-state index in [9.17, 15) is 13.6 Å². The second-order valence-corrected chi connectivity index (χ2v) is 7.97. The Morgan fingerprint density at radius 2 is 2.16 bits per heavy atom. The summed E-state index contributed by atoms with van der Waals surface area (Å²) in [6.07, 6.45) is 2.11. The van der Waals surface area contributed by atoms with Gasteiger partial charge in [-0.25, -0.2) is 13.6 Å². The summed E-state index contributed by atoms with van der Waals surface area (Å²) in [6.45, 7) is 0.901. The Morgan fingerprint density at radius 3 is 2.88 bits per heavy atom. The molecule has 3 atom stereocenters. The summed E-state index contributed by atoms with van der Waals surface area (Å²) >= 11 is 0. The Hall–Kier alpha value is -3.11. The molecule has 1 aromatic heterocycles. The second kappa shape index (κ2) is 8.79. The van der Waals surface area contributed by atoms with Crippen molar-refractivity contribution in [2.24, 2.45) is 10.7 Å². The van der Waals surface area contributed by atoms with Gasteiger partial charge in [-0.05, 0) is 35.9 Å². The summed E-state index contributed by atoms with van der Waals surface area (Å²) in [5, 5.41) is 0. The van der Waals surface area contributed by atoms with Gasteiger partial charge in [0.25, 0.3) is 5.92 Å². The molecule has 0 saturated carbocycles. The Balaban J connectivity index is 1.61. The van der Waals surface area contributed by atoms with Crippen molar-refractivity contribution >= 4 is 11.5 Å². The molecule has 2 aromatic rings. The molecule has 1 unspecified atom stereocenters. The molecule has 4 rings (SSSR count). The molecule has 2 aliphatic heterocycles. The standard InChI is InChI=1S/C22H26F2N6O2/c1-27-17(6-9-25)19-16-5-3-2-4-14(16)7-10-29(19)13-15-12-22(23,24)20(32-15)30-11-8-18(26)28-21(30)31/h2-6,8-9,11,15,19-20H,7,10,12-13,25H2,1H3,(H2,26,28,31)/b9-6-,27-17?/t15-,19?,20+/m0/s1. The second-order valence-electron chi connectivity index (χ2n) is 7.97. The zero-order valence-corrected chi connectivity index (χ0v) is 17.7. The number of nitrogen functional groups attached to an aromatic ring is 1. The topological polar surface area (TPSA) is 112 Å². The van der Waals surface area contributed by atoms with Crippen LogP contribution >= 0.6 is 0 Å². The molecule has 0 bridgehead atoms. The average Bonchev–Trinajstić information content (AvgIpc) is 3.05. The van der Waals surface area contributed by atoms with E-state index in [2.05, 4.69) is 20.9 Å². The van der Waals surface area contributed by atoms with Crippen molar-refractivity contribution in [2.75, 3.05) is 25.9 Å². The van der Waals surface area contributed by atoms with E-state index in [0.717, 1.165) is 22.3 Å². The molecule has 170 valence electrons. The van der Waals surface area contributed by atoms with E-state index in [-0.39, 0.29) is 18.4 Å². The van der Waals surface area contributed by atoms with Crippen LogP contribution < -0.4 is 17.2 Å². The molecular formula is C22H26F2N6O2. The summed E-state index contributed by atoms with van der Waals surface area (Å²) in [7, 11) is 1.68. The number of benzene rings is 1. The molecule has 0 amide bonds. The number of ether oxygens (including phenoxy) is 1. The summed E-state index contributed by atoms with van der Waals surface area (Å²) < 4.78 is 36.2. The number of hydrogen-bond donors (Lipinski definition) is 2. The molecular weight excluding hydrogens is 418 g/mol. The lowest BCUT2D eigenvalue weighted by atomic mass is 9.89. The quantitative estimate of drug-likeness (QED) is 0.682. The van der Waals surface area contributed by atoms with Gasteiger partial charge in [0.1, 0.15) is 5.82 Å². The highest BCUT2D eigenvalue weighted by molar-refractivity contribution is 6.00. The fourth-order valence-electron chi connectivity index (χ4n) is 4.52. The maximum absolute atomic E-state index is 14.8. The van der Waals surface area contributed by atoms with Gasteiger partial charge in [0, 0.05) is 32.8 Å². The highest BCUT2D eigenvalue weighted by Gasteiger charge is 2.52. The van der Waals surface area contributed by atoms with Crippen LogP contribution in [0.25, 0.3) is 0 Å². The van der Waals surface area contributed by atoms with E-state index < -0.39 is 30.4 Å². The normalized spacial score (nSPS) is 25.8. The van der Waals surface area contributed by atoms with E-state index in [4.69, 9.17) is 16.2 Å². The van der Waals surface area contributed by atoms with Gasteiger partial charge >= 0.3 is 5.69 Å². The number of aromatic nitrogens is 2. The third-order valence-electron chi connectivity index (χ3n) is 5.91. The largest absolute Gasteiger partial charge is 0.405 e. The van der Waals surface area contributed by atoms with Gasteiger partial charge < -0.3 is 16.2 Å². The first kappa shape index (κ1) is 22.1. The first-order chi connectivity index (χ1) is 15.3. The van der Waals surface area contributed by atoms with Gasteiger partial charge in [-0.15, -0.1) is 0 Å². The first-order valence-electron chi connectivity index (χ1n) is 10.4. The lowest BCUT2D eigenvalue weighted by molar-refractivity contribution is -0.119. The minimum atomic E-state index is -3.23. The van der Waals surface area contributed by atoms with Crippen molar-refractivity contribution < 1.29 is 13.5 Å². The maximum atomic E-state index is 14.8. The molecule has 8 nitrogen and oxygen atoms in total. The number of nitrogens with two attached hydrogens (primary N) is 2. The van der Waals surface area contributed by atoms with Crippen LogP contribution in [0.15, 0.2) is 58.6 Å². The molecule has 3 heterocycles. The third-order valence-corrected chi connectivity index (χ3v) is 5.91. The smallest absolute Gasteiger partial charge is 0.351 e. The van der Waals surface area contributed by atoms with E-state index >= 15 is 0 Å². The van der Waals surface area contributed by atoms with Crippen molar-refractivity contribution in [2.45, 2.75) is 37.1 Å².